The van der Waals surface area contributed by atoms with E-state index >= 15 is 0 Å². The molecule has 4 atom stereocenters. The predicted molar refractivity (Wildman–Crippen MR) is 71.2 cm³/mol. The zero-order valence-electron chi connectivity index (χ0n) is 11.8. The first-order valence-corrected chi connectivity index (χ1v) is 7.47. The molecule has 0 aromatic rings. The molecule has 6 heteroatoms. The van der Waals surface area contributed by atoms with Crippen LogP contribution in [0.4, 0.5) is 4.79 Å². The zero-order chi connectivity index (χ0) is 14.8. The number of rotatable bonds is 3. The van der Waals surface area contributed by atoms with Crippen LogP contribution in [-0.2, 0) is 14.4 Å². The van der Waals surface area contributed by atoms with Gasteiger partial charge in [0.05, 0.1) is 6.61 Å². The molecule has 1 N–H and O–H groups in total. The Hall–Kier alpha value is -1.74. The van der Waals surface area contributed by atoms with Gasteiger partial charge >= 0.3 is 6.16 Å². The van der Waals surface area contributed by atoms with E-state index in [9.17, 15) is 14.7 Å². The summed E-state index contributed by atoms with van der Waals surface area (Å²) in [5, 5.41) is 10.2. The predicted octanol–water partition coefficient (Wildman–Crippen LogP) is 1.43. The fourth-order valence-corrected chi connectivity index (χ4v) is 3.31. The van der Waals surface area contributed by atoms with E-state index in [1.165, 1.54) is 0 Å². The molecule has 2 aliphatic carbocycles. The van der Waals surface area contributed by atoms with Crippen LogP contribution in [0.1, 0.15) is 38.5 Å². The van der Waals surface area contributed by atoms with E-state index in [0.717, 1.165) is 25.7 Å². The van der Waals surface area contributed by atoms with Crippen molar-refractivity contribution >= 4 is 12.1 Å². The fraction of sp³-hybridized carbons (Fsp3) is 0.733. The molecule has 114 valence electrons. The van der Waals surface area contributed by atoms with E-state index in [0.29, 0.717) is 29.4 Å². The first-order valence-electron chi connectivity index (χ1n) is 7.47. The minimum Gasteiger partial charge on any atom is -0.432 e. The van der Waals surface area contributed by atoms with Crippen LogP contribution in [0.25, 0.3) is 0 Å². The Bertz CT molecular complexity index is 476. The smallest absolute Gasteiger partial charge is 0.432 e. The first kappa shape index (κ1) is 14.2. The zero-order valence-corrected chi connectivity index (χ0v) is 11.8. The highest BCUT2D eigenvalue weighted by molar-refractivity contribution is 5.78. The second-order valence-electron chi connectivity index (χ2n) is 5.81. The lowest BCUT2D eigenvalue weighted by atomic mass is 10.1. The van der Waals surface area contributed by atoms with Gasteiger partial charge in [-0.05, 0) is 30.6 Å². The molecule has 1 heterocycles. The maximum absolute atomic E-state index is 11.6. The van der Waals surface area contributed by atoms with Crippen LogP contribution in [0.2, 0.25) is 0 Å². The summed E-state index contributed by atoms with van der Waals surface area (Å²) in [5.41, 5.74) is 0. The molecule has 1 amide bonds. The number of carbonyl (C=O) groups is 2. The van der Waals surface area contributed by atoms with Gasteiger partial charge in [0, 0.05) is 25.7 Å². The first-order chi connectivity index (χ1) is 10.2. The third-order valence-corrected chi connectivity index (χ3v) is 4.54. The molecule has 0 aromatic heterocycles. The highest BCUT2D eigenvalue weighted by atomic mass is 16.8. The second-order valence-corrected chi connectivity index (χ2v) is 5.81. The van der Waals surface area contributed by atoms with Gasteiger partial charge < -0.3 is 14.7 Å². The molecule has 1 saturated heterocycles. The molecule has 2 unspecified atom stereocenters. The van der Waals surface area contributed by atoms with Crippen molar-refractivity contribution in [1.29, 1.82) is 0 Å². The highest BCUT2D eigenvalue weighted by Crippen LogP contribution is 2.52. The van der Waals surface area contributed by atoms with Crippen molar-refractivity contribution in [3.8, 4) is 11.8 Å². The van der Waals surface area contributed by atoms with Crippen LogP contribution in [-0.4, -0.2) is 35.1 Å². The molecule has 1 saturated carbocycles. The van der Waals surface area contributed by atoms with Gasteiger partial charge in [0.25, 0.3) is 5.91 Å². The monoisotopic (exact) mass is 293 g/mol. The molecule has 1 aliphatic heterocycles. The number of aliphatic hydroxyl groups excluding tert-OH is 1. The van der Waals surface area contributed by atoms with Crippen molar-refractivity contribution in [2.45, 2.75) is 44.8 Å². The topological polar surface area (TPSA) is 76.1 Å². The number of hydroxylamine groups is 2. The molecule has 0 bridgehead atoms. The van der Waals surface area contributed by atoms with Gasteiger partial charge in [-0.25, -0.2) is 4.79 Å². The fourth-order valence-electron chi connectivity index (χ4n) is 3.31. The number of fused-ring (bicyclic) bond motifs is 1. The Labute approximate surface area is 123 Å². The van der Waals surface area contributed by atoms with E-state index in [-0.39, 0.29) is 12.8 Å². The summed E-state index contributed by atoms with van der Waals surface area (Å²) in [5.74, 6) is 7.42. The molecule has 6 nitrogen and oxygen atoms in total. The van der Waals surface area contributed by atoms with Gasteiger partial charge in [-0.1, -0.05) is 0 Å². The van der Waals surface area contributed by atoms with Gasteiger partial charge in [0.1, 0.15) is 0 Å². The van der Waals surface area contributed by atoms with Crippen LogP contribution < -0.4 is 0 Å². The number of ether oxygens (including phenoxy) is 1. The molecule has 3 rings (SSSR count). The molecule has 0 spiro atoms. The van der Waals surface area contributed by atoms with Gasteiger partial charge in [-0.2, -0.15) is 0 Å². The van der Waals surface area contributed by atoms with Crippen molar-refractivity contribution < 1.29 is 24.3 Å². The van der Waals surface area contributed by atoms with Gasteiger partial charge in [0.15, 0.2) is 6.23 Å². The molecular weight excluding hydrogens is 274 g/mol. The van der Waals surface area contributed by atoms with Crippen molar-refractivity contribution in [2.75, 3.05) is 6.61 Å². The van der Waals surface area contributed by atoms with Crippen LogP contribution in [0.15, 0.2) is 0 Å². The van der Waals surface area contributed by atoms with E-state index in [4.69, 9.17) is 9.57 Å². The minimum absolute atomic E-state index is 0.182. The lowest BCUT2D eigenvalue weighted by Gasteiger charge is -2.18. The van der Waals surface area contributed by atoms with Crippen LogP contribution in [0, 0.1) is 29.6 Å². The quantitative estimate of drug-likeness (QED) is 0.629. The third kappa shape index (κ3) is 3.13. The van der Waals surface area contributed by atoms with E-state index in [2.05, 4.69) is 11.8 Å². The number of hydrogen-bond donors (Lipinski definition) is 1. The Balaban J connectivity index is 1.42. The largest absolute Gasteiger partial charge is 0.533 e. The van der Waals surface area contributed by atoms with Gasteiger partial charge in [-0.15, -0.1) is 16.9 Å². The molecule has 0 radical (unpaired) electrons. The molecule has 21 heavy (non-hydrogen) atoms. The van der Waals surface area contributed by atoms with Crippen molar-refractivity contribution in [1.82, 2.24) is 5.06 Å². The summed E-state index contributed by atoms with van der Waals surface area (Å²) in [4.78, 5) is 27.7. The Morgan fingerprint density at radius 1 is 1.24 bits per heavy atom. The number of aliphatic hydroxyl groups is 1. The Kier molecular flexibility index (Phi) is 4.02. The molecule has 3 aliphatic rings. The molecule has 0 aromatic carbocycles. The van der Waals surface area contributed by atoms with Gasteiger partial charge in [0.2, 0.25) is 0 Å². The summed E-state index contributed by atoms with van der Waals surface area (Å²) in [6.07, 6.45) is 2.43. The van der Waals surface area contributed by atoms with E-state index in [1.807, 2.05) is 0 Å². The van der Waals surface area contributed by atoms with Crippen LogP contribution in [0.3, 0.4) is 0 Å². The average molecular weight is 293 g/mol. The normalized spacial score (nSPS) is 34.1. The summed E-state index contributed by atoms with van der Waals surface area (Å²) >= 11 is 0. The highest BCUT2D eigenvalue weighted by Gasteiger charge is 2.49. The van der Waals surface area contributed by atoms with Gasteiger partial charge in [-0.3, -0.25) is 4.79 Å². The SMILES string of the molecule is O=C(OCC1[C@H]2CCC#CCC[C@@H]12)ON1C(=O)CCC1O. The maximum atomic E-state index is 11.6. The lowest BCUT2D eigenvalue weighted by Crippen LogP contribution is -2.35. The minimum atomic E-state index is -1.06. The number of hydrogen-bond acceptors (Lipinski definition) is 5. The van der Waals surface area contributed by atoms with Crippen LogP contribution >= 0.6 is 0 Å². The van der Waals surface area contributed by atoms with Crippen molar-refractivity contribution in [3.05, 3.63) is 0 Å². The average Bonchev–Trinajstić information content (AvgIpc) is 2.98. The van der Waals surface area contributed by atoms with Crippen LogP contribution in [0.5, 0.6) is 0 Å². The van der Waals surface area contributed by atoms with E-state index in [1.54, 1.807) is 0 Å². The number of nitrogens with zero attached hydrogens (tertiary/aromatic N) is 1. The Morgan fingerprint density at radius 3 is 2.48 bits per heavy atom. The lowest BCUT2D eigenvalue weighted by molar-refractivity contribution is -0.199. The summed E-state index contributed by atoms with van der Waals surface area (Å²) in [7, 11) is 0. The third-order valence-electron chi connectivity index (χ3n) is 4.54. The number of carbonyl (C=O) groups excluding carboxylic acids is 2. The van der Waals surface area contributed by atoms with E-state index < -0.39 is 18.3 Å². The summed E-state index contributed by atoms with van der Waals surface area (Å²) < 4.78 is 5.09. The molecule has 2 fully saturated rings. The second kappa shape index (κ2) is 5.94. The van der Waals surface area contributed by atoms with Crippen molar-refractivity contribution in [3.63, 3.8) is 0 Å². The summed E-state index contributed by atoms with van der Waals surface area (Å²) in [6.45, 7) is 0.312. The summed E-state index contributed by atoms with van der Waals surface area (Å²) in [6, 6.07) is 0. The molecular formula is C15H19NO5. The van der Waals surface area contributed by atoms with Crippen molar-refractivity contribution in [2.24, 2.45) is 17.8 Å². The number of amides is 1. The Morgan fingerprint density at radius 2 is 1.90 bits per heavy atom. The standard InChI is InChI=1S/C15H19NO5/c17-13-7-8-14(18)16(13)21-15(19)20-9-12-10-5-3-1-2-4-6-11(10)12/h10-13,17H,3-9H2/t10-,11+,12?,13?. The maximum Gasteiger partial charge on any atom is 0.533 e.